The Morgan fingerprint density at radius 1 is 1.41 bits per heavy atom. The van der Waals surface area contributed by atoms with Crippen molar-refractivity contribution in [2.75, 3.05) is 19.6 Å². The molecule has 2 bridgehead atoms. The van der Waals surface area contributed by atoms with Crippen LogP contribution in [0.5, 0.6) is 0 Å². The number of piperazine rings is 1. The maximum Gasteiger partial charge on any atom is 0.241 e. The number of hydrogen-bond acceptors (Lipinski definition) is 5. The summed E-state index contributed by atoms with van der Waals surface area (Å²) in [5, 5.41) is 9.19. The molecule has 0 saturated carbocycles. The molecule has 0 unspecified atom stereocenters. The predicted molar refractivity (Wildman–Crippen MR) is 104 cm³/mol. The van der Waals surface area contributed by atoms with E-state index < -0.39 is 12.1 Å². The van der Waals surface area contributed by atoms with E-state index in [2.05, 4.69) is 6.07 Å². The van der Waals surface area contributed by atoms with Gasteiger partial charge in [-0.05, 0) is 32.3 Å². The maximum atomic E-state index is 14.2. The largest absolute Gasteiger partial charge is 0.330 e. The van der Waals surface area contributed by atoms with E-state index in [-0.39, 0.29) is 35.8 Å². The molecule has 3 saturated heterocycles. The Morgan fingerprint density at radius 3 is 2.86 bits per heavy atom. The van der Waals surface area contributed by atoms with Gasteiger partial charge in [-0.15, -0.1) is 0 Å². The van der Waals surface area contributed by atoms with Gasteiger partial charge >= 0.3 is 0 Å². The Morgan fingerprint density at radius 2 is 2.17 bits per heavy atom. The number of amides is 2. The molecule has 7 nitrogen and oxygen atoms in total. The van der Waals surface area contributed by atoms with Crippen LogP contribution >= 0.6 is 0 Å². The van der Waals surface area contributed by atoms with E-state index in [4.69, 9.17) is 5.73 Å². The van der Waals surface area contributed by atoms with Crippen LogP contribution in [0.1, 0.15) is 37.8 Å². The second-order valence-electron chi connectivity index (χ2n) is 8.23. The molecule has 4 rings (SSSR count). The van der Waals surface area contributed by atoms with E-state index >= 15 is 0 Å². The van der Waals surface area contributed by atoms with Gasteiger partial charge in [0.25, 0.3) is 0 Å². The number of nitrogens with two attached hydrogens (primary N) is 1. The molecule has 2 N–H and O–H groups in total. The van der Waals surface area contributed by atoms with Crippen LogP contribution in [0.2, 0.25) is 0 Å². The molecule has 0 aromatic heterocycles. The Kier molecular flexibility index (Phi) is 5.28. The highest BCUT2D eigenvalue weighted by atomic mass is 19.1. The fourth-order valence-electron chi connectivity index (χ4n) is 5.07. The highest BCUT2D eigenvalue weighted by Crippen LogP contribution is 2.38. The van der Waals surface area contributed by atoms with Crippen molar-refractivity contribution in [3.8, 4) is 6.07 Å². The number of carbonyl (C=O) groups is 2. The number of benzene rings is 1. The standard InChI is InChI=1S/C21H26FN5O2/c1-13(16-6-2-3-7-17(16)22)27-15-9-19(21(27)29)25(11-15)12-18(24)20(28)26-8-4-5-14(26)10-23/h2-3,6-7,13-15,18-19H,4-5,8-9,11-12,24H2,1H3/t13-,14+,15+,18+,19-/m1/s1. The number of nitrogens with zero attached hydrogens (tertiary/aromatic N) is 4. The second kappa shape index (κ2) is 7.73. The summed E-state index contributed by atoms with van der Waals surface area (Å²) in [6.45, 7) is 3.33. The third-order valence-corrected chi connectivity index (χ3v) is 6.52. The van der Waals surface area contributed by atoms with Gasteiger partial charge in [0.1, 0.15) is 11.9 Å². The number of rotatable bonds is 5. The molecule has 0 radical (unpaired) electrons. The molecule has 2 amide bonds. The van der Waals surface area contributed by atoms with Crippen molar-refractivity contribution in [1.29, 1.82) is 5.26 Å². The van der Waals surface area contributed by atoms with Crippen LogP contribution in [-0.2, 0) is 9.59 Å². The third-order valence-electron chi connectivity index (χ3n) is 6.52. The minimum Gasteiger partial charge on any atom is -0.330 e. The molecule has 5 atom stereocenters. The fourth-order valence-corrected chi connectivity index (χ4v) is 5.07. The first-order valence-electron chi connectivity index (χ1n) is 10.2. The van der Waals surface area contributed by atoms with Crippen molar-refractivity contribution in [3.63, 3.8) is 0 Å². The van der Waals surface area contributed by atoms with Gasteiger partial charge in [0, 0.05) is 31.2 Å². The van der Waals surface area contributed by atoms with Gasteiger partial charge in [-0.2, -0.15) is 5.26 Å². The lowest BCUT2D eigenvalue weighted by Gasteiger charge is -2.38. The van der Waals surface area contributed by atoms with Gasteiger partial charge in [0.15, 0.2) is 0 Å². The van der Waals surface area contributed by atoms with E-state index in [1.54, 1.807) is 28.0 Å². The van der Waals surface area contributed by atoms with E-state index in [9.17, 15) is 19.2 Å². The molecular weight excluding hydrogens is 373 g/mol. The molecule has 3 fully saturated rings. The van der Waals surface area contributed by atoms with Crippen molar-refractivity contribution in [1.82, 2.24) is 14.7 Å². The molecule has 3 aliphatic rings. The van der Waals surface area contributed by atoms with Gasteiger partial charge in [0.2, 0.25) is 11.8 Å². The molecule has 0 spiro atoms. The zero-order valence-electron chi connectivity index (χ0n) is 16.5. The van der Waals surface area contributed by atoms with Gasteiger partial charge in [-0.3, -0.25) is 14.5 Å². The lowest BCUT2D eigenvalue weighted by Crippen LogP contribution is -2.56. The molecule has 3 aliphatic heterocycles. The van der Waals surface area contributed by atoms with Gasteiger partial charge in [0.05, 0.1) is 24.2 Å². The normalized spacial score (nSPS) is 28.6. The predicted octanol–water partition coefficient (Wildman–Crippen LogP) is 1.01. The number of likely N-dealkylation sites (tertiary alicyclic amines) is 3. The molecule has 0 aliphatic carbocycles. The average Bonchev–Trinajstić information content (AvgIpc) is 3.41. The van der Waals surface area contributed by atoms with Gasteiger partial charge < -0.3 is 15.5 Å². The summed E-state index contributed by atoms with van der Waals surface area (Å²) in [5.74, 6) is -0.564. The summed E-state index contributed by atoms with van der Waals surface area (Å²) in [6.07, 6.45) is 2.17. The quantitative estimate of drug-likeness (QED) is 0.798. The minimum absolute atomic E-state index is 0.0111. The Labute approximate surface area is 169 Å². The van der Waals surface area contributed by atoms with E-state index in [1.807, 2.05) is 11.8 Å². The smallest absolute Gasteiger partial charge is 0.241 e. The number of fused-ring (bicyclic) bond motifs is 2. The van der Waals surface area contributed by atoms with E-state index in [0.29, 0.717) is 38.0 Å². The molecule has 3 heterocycles. The van der Waals surface area contributed by atoms with Gasteiger partial charge in [-0.25, -0.2) is 4.39 Å². The van der Waals surface area contributed by atoms with Crippen LogP contribution in [-0.4, -0.2) is 70.3 Å². The highest BCUT2D eigenvalue weighted by Gasteiger charge is 2.51. The first-order chi connectivity index (χ1) is 13.9. The molecule has 154 valence electrons. The minimum atomic E-state index is -0.756. The topological polar surface area (TPSA) is 93.7 Å². The van der Waals surface area contributed by atoms with Crippen LogP contribution in [0.3, 0.4) is 0 Å². The maximum absolute atomic E-state index is 14.2. The number of carbonyl (C=O) groups excluding carboxylic acids is 2. The Bertz CT molecular complexity index is 856. The Balaban J connectivity index is 1.40. The number of hydrogen-bond donors (Lipinski definition) is 1. The molecular formula is C21H26FN5O2. The zero-order chi connectivity index (χ0) is 20.7. The SMILES string of the molecule is C[C@H](c1ccccc1F)N1C(=O)[C@H]2C[C@H]1CN2C[C@H](N)C(=O)N1CCC[C@H]1C#N. The van der Waals surface area contributed by atoms with Crippen molar-refractivity contribution in [2.45, 2.75) is 56.4 Å². The number of nitriles is 1. The molecule has 1 aromatic rings. The summed E-state index contributed by atoms with van der Waals surface area (Å²) in [5.41, 5.74) is 6.68. The third kappa shape index (κ3) is 3.38. The monoisotopic (exact) mass is 399 g/mol. The van der Waals surface area contributed by atoms with Crippen molar-refractivity contribution >= 4 is 11.8 Å². The fraction of sp³-hybridized carbons (Fsp3) is 0.571. The van der Waals surface area contributed by atoms with E-state index in [1.165, 1.54) is 6.07 Å². The molecule has 8 heteroatoms. The van der Waals surface area contributed by atoms with Crippen LogP contribution in [0.25, 0.3) is 0 Å². The van der Waals surface area contributed by atoms with Crippen molar-refractivity contribution < 1.29 is 14.0 Å². The molecule has 29 heavy (non-hydrogen) atoms. The average molecular weight is 399 g/mol. The number of halogens is 1. The van der Waals surface area contributed by atoms with Gasteiger partial charge in [-0.1, -0.05) is 18.2 Å². The molecule has 1 aromatic carbocycles. The summed E-state index contributed by atoms with van der Waals surface area (Å²) in [7, 11) is 0. The van der Waals surface area contributed by atoms with Crippen LogP contribution in [0, 0.1) is 17.1 Å². The second-order valence-corrected chi connectivity index (χ2v) is 8.23. The first-order valence-corrected chi connectivity index (χ1v) is 10.2. The summed E-state index contributed by atoms with van der Waals surface area (Å²) in [4.78, 5) is 31.0. The van der Waals surface area contributed by atoms with Crippen molar-refractivity contribution in [3.05, 3.63) is 35.6 Å². The lowest BCUT2D eigenvalue weighted by atomic mass is 10.0. The van der Waals surface area contributed by atoms with Crippen LogP contribution in [0.15, 0.2) is 24.3 Å². The lowest BCUT2D eigenvalue weighted by molar-refractivity contribution is -0.141. The zero-order valence-corrected chi connectivity index (χ0v) is 16.5. The van der Waals surface area contributed by atoms with Crippen LogP contribution in [0.4, 0.5) is 4.39 Å². The summed E-state index contributed by atoms with van der Waals surface area (Å²) >= 11 is 0. The van der Waals surface area contributed by atoms with Crippen LogP contribution < -0.4 is 5.73 Å². The first kappa shape index (κ1) is 19.8. The van der Waals surface area contributed by atoms with Crippen molar-refractivity contribution in [2.24, 2.45) is 5.73 Å². The summed E-state index contributed by atoms with van der Waals surface area (Å²) < 4.78 is 14.2. The van der Waals surface area contributed by atoms with E-state index in [0.717, 1.165) is 6.42 Å². The highest BCUT2D eigenvalue weighted by molar-refractivity contribution is 5.87. The Hall–Kier alpha value is -2.50. The summed E-state index contributed by atoms with van der Waals surface area (Å²) in [6, 6.07) is 6.88.